The minimum Gasteiger partial charge on any atom is -0.508 e. The number of phenolic OH excluding ortho intramolecular Hbond substituents is 1. The number of hydrogen-bond donors (Lipinski definition) is 2. The van der Waals surface area contributed by atoms with Crippen LogP contribution >= 0.6 is 11.3 Å². The van der Waals surface area contributed by atoms with Crippen LogP contribution in [0.2, 0.25) is 0 Å². The highest BCUT2D eigenvalue weighted by Crippen LogP contribution is 2.33. The number of H-pyrrole nitrogens is 1. The molecule has 1 aliphatic carbocycles. The maximum absolute atomic E-state index is 12.5. The van der Waals surface area contributed by atoms with E-state index in [1.54, 1.807) is 0 Å². The summed E-state index contributed by atoms with van der Waals surface area (Å²) >= 11 is 1.52. The van der Waals surface area contributed by atoms with Gasteiger partial charge in [0.05, 0.1) is 5.39 Å². The monoisotopic (exact) mass is 326 g/mol. The Hall–Kier alpha value is -2.47. The van der Waals surface area contributed by atoms with E-state index in [2.05, 4.69) is 9.97 Å². The van der Waals surface area contributed by atoms with E-state index in [1.165, 1.54) is 40.5 Å². The van der Waals surface area contributed by atoms with Gasteiger partial charge >= 0.3 is 0 Å². The summed E-state index contributed by atoms with van der Waals surface area (Å²) in [5.74, 6) is -0.216. The van der Waals surface area contributed by atoms with Crippen LogP contribution in [-0.4, -0.2) is 20.9 Å². The Balaban J connectivity index is 1.84. The molecule has 0 unspecified atom stereocenters. The van der Waals surface area contributed by atoms with Crippen LogP contribution in [0.4, 0.5) is 0 Å². The fraction of sp³-hybridized carbons (Fsp3) is 0.235. The summed E-state index contributed by atoms with van der Waals surface area (Å²) in [5.41, 5.74) is 1.25. The van der Waals surface area contributed by atoms with Crippen molar-refractivity contribution in [1.29, 1.82) is 0 Å². The van der Waals surface area contributed by atoms with Crippen LogP contribution in [0.15, 0.2) is 29.1 Å². The van der Waals surface area contributed by atoms with Crippen molar-refractivity contribution in [3.8, 4) is 5.75 Å². The van der Waals surface area contributed by atoms with Gasteiger partial charge in [-0.25, -0.2) is 4.98 Å². The molecule has 2 heterocycles. The topological polar surface area (TPSA) is 83.0 Å². The largest absolute Gasteiger partial charge is 0.508 e. The zero-order valence-corrected chi connectivity index (χ0v) is 13.1. The zero-order chi connectivity index (χ0) is 16.0. The number of rotatable bonds is 2. The summed E-state index contributed by atoms with van der Waals surface area (Å²) in [6.45, 7) is 0. The smallest absolute Gasteiger partial charge is 0.260 e. The lowest BCUT2D eigenvalue weighted by atomic mass is 9.97. The van der Waals surface area contributed by atoms with Crippen molar-refractivity contribution < 1.29 is 9.90 Å². The van der Waals surface area contributed by atoms with Crippen molar-refractivity contribution in [3.63, 3.8) is 0 Å². The van der Waals surface area contributed by atoms with Crippen LogP contribution in [-0.2, 0) is 12.8 Å². The number of hydrogen-bond acceptors (Lipinski definition) is 5. The predicted molar refractivity (Wildman–Crippen MR) is 88.4 cm³/mol. The van der Waals surface area contributed by atoms with Crippen LogP contribution in [0.25, 0.3) is 10.2 Å². The standard InChI is InChI=1S/C17H14N2O3S/c20-10-7-5-9(6-8-10)14(21)15-18-16(22)13-11-3-1-2-4-12(11)23-17(13)19-15/h5-8,20H,1-4H2,(H,18,19,22). The molecule has 0 amide bonds. The van der Waals surface area contributed by atoms with E-state index in [0.717, 1.165) is 31.2 Å². The lowest BCUT2D eigenvalue weighted by molar-refractivity contribution is 0.102. The molecule has 0 atom stereocenters. The van der Waals surface area contributed by atoms with E-state index in [-0.39, 0.29) is 22.9 Å². The molecule has 0 bridgehead atoms. The zero-order valence-electron chi connectivity index (χ0n) is 12.3. The van der Waals surface area contributed by atoms with Gasteiger partial charge in [-0.15, -0.1) is 11.3 Å². The first-order chi connectivity index (χ1) is 11.1. The number of aromatic hydroxyl groups is 1. The number of benzene rings is 1. The molecule has 1 aromatic carbocycles. The van der Waals surface area contributed by atoms with Crippen LogP contribution in [0.3, 0.4) is 0 Å². The van der Waals surface area contributed by atoms with Gasteiger partial charge in [0.2, 0.25) is 5.78 Å². The molecule has 4 rings (SSSR count). The van der Waals surface area contributed by atoms with Crippen LogP contribution in [0, 0.1) is 0 Å². The number of aromatic nitrogens is 2. The summed E-state index contributed by atoms with van der Waals surface area (Å²) in [6, 6.07) is 5.91. The number of nitrogens with one attached hydrogen (secondary N) is 1. The second-order valence-corrected chi connectivity index (χ2v) is 6.77. The molecule has 0 spiro atoms. The van der Waals surface area contributed by atoms with Crippen molar-refractivity contribution >= 4 is 27.3 Å². The Morgan fingerprint density at radius 2 is 1.91 bits per heavy atom. The molecule has 0 saturated carbocycles. The van der Waals surface area contributed by atoms with Gasteiger partial charge in [-0.3, -0.25) is 9.59 Å². The number of aromatic amines is 1. The van der Waals surface area contributed by atoms with Gasteiger partial charge in [-0.2, -0.15) is 0 Å². The summed E-state index contributed by atoms with van der Waals surface area (Å²) in [7, 11) is 0. The number of ketones is 1. The molecule has 5 nitrogen and oxygen atoms in total. The molecule has 0 fully saturated rings. The fourth-order valence-electron chi connectivity index (χ4n) is 3.02. The minimum atomic E-state index is -0.352. The van der Waals surface area contributed by atoms with Crippen molar-refractivity contribution in [1.82, 2.24) is 9.97 Å². The van der Waals surface area contributed by atoms with Crippen molar-refractivity contribution in [2.45, 2.75) is 25.7 Å². The van der Waals surface area contributed by atoms with Gasteiger partial charge in [0.1, 0.15) is 10.6 Å². The molecule has 1 aliphatic rings. The lowest BCUT2D eigenvalue weighted by Crippen LogP contribution is -2.17. The first-order valence-electron chi connectivity index (χ1n) is 7.52. The first kappa shape index (κ1) is 14.1. The summed E-state index contributed by atoms with van der Waals surface area (Å²) in [5, 5.41) is 9.95. The Labute approximate surface area is 135 Å². The summed E-state index contributed by atoms with van der Waals surface area (Å²) in [6.07, 6.45) is 4.12. The molecule has 23 heavy (non-hydrogen) atoms. The maximum Gasteiger partial charge on any atom is 0.260 e. The molecule has 0 aliphatic heterocycles. The number of nitrogens with zero attached hydrogens (tertiary/aromatic N) is 1. The third kappa shape index (κ3) is 2.35. The van der Waals surface area contributed by atoms with Crippen LogP contribution in [0.5, 0.6) is 5.75 Å². The fourth-order valence-corrected chi connectivity index (χ4v) is 4.28. The molecule has 2 aromatic heterocycles. The Morgan fingerprint density at radius 1 is 1.17 bits per heavy atom. The number of fused-ring (bicyclic) bond motifs is 3. The SMILES string of the molecule is O=C(c1ccc(O)cc1)c1nc2sc3c(c2c(=O)[nH]1)CCCC3. The first-order valence-corrected chi connectivity index (χ1v) is 8.33. The Kier molecular flexibility index (Phi) is 3.27. The molecular weight excluding hydrogens is 312 g/mol. The normalized spacial score (nSPS) is 13.9. The van der Waals surface area contributed by atoms with E-state index >= 15 is 0 Å². The highest BCUT2D eigenvalue weighted by atomic mass is 32.1. The highest BCUT2D eigenvalue weighted by molar-refractivity contribution is 7.18. The maximum atomic E-state index is 12.5. The van der Waals surface area contributed by atoms with Gasteiger partial charge < -0.3 is 10.1 Å². The minimum absolute atomic E-state index is 0.0480. The van der Waals surface area contributed by atoms with Crippen LogP contribution < -0.4 is 5.56 Å². The van der Waals surface area contributed by atoms with E-state index in [1.807, 2.05) is 0 Å². The summed E-state index contributed by atoms with van der Waals surface area (Å²) in [4.78, 5) is 33.8. The van der Waals surface area contributed by atoms with Gasteiger partial charge in [0, 0.05) is 10.4 Å². The number of carbonyl (C=O) groups excluding carboxylic acids is 1. The van der Waals surface area contributed by atoms with E-state index in [0.29, 0.717) is 15.8 Å². The molecule has 0 radical (unpaired) electrons. The van der Waals surface area contributed by atoms with Crippen molar-refractivity contribution in [2.75, 3.05) is 0 Å². The number of phenols is 1. The van der Waals surface area contributed by atoms with Gasteiger partial charge in [-0.05, 0) is 55.5 Å². The molecule has 3 aromatic rings. The van der Waals surface area contributed by atoms with Crippen molar-refractivity contribution in [3.05, 3.63) is 56.4 Å². The van der Waals surface area contributed by atoms with E-state index in [4.69, 9.17) is 0 Å². The van der Waals surface area contributed by atoms with Gasteiger partial charge in [0.15, 0.2) is 5.82 Å². The second-order valence-electron chi connectivity index (χ2n) is 5.68. The van der Waals surface area contributed by atoms with Crippen molar-refractivity contribution in [2.24, 2.45) is 0 Å². The van der Waals surface area contributed by atoms with E-state index < -0.39 is 0 Å². The van der Waals surface area contributed by atoms with Gasteiger partial charge in [0.25, 0.3) is 5.56 Å². The number of thiophene rings is 1. The predicted octanol–water partition coefficient (Wildman–Crippen LogP) is 2.80. The number of aryl methyl sites for hydroxylation is 2. The highest BCUT2D eigenvalue weighted by Gasteiger charge is 2.21. The molecule has 116 valence electrons. The van der Waals surface area contributed by atoms with Crippen LogP contribution in [0.1, 0.15) is 39.5 Å². The van der Waals surface area contributed by atoms with Gasteiger partial charge in [-0.1, -0.05) is 0 Å². The molecule has 2 N–H and O–H groups in total. The second kappa shape index (κ2) is 5.31. The van der Waals surface area contributed by atoms with E-state index in [9.17, 15) is 14.7 Å². The third-order valence-corrected chi connectivity index (χ3v) is 5.36. The molecule has 6 heteroatoms. The average Bonchev–Trinajstić information content (AvgIpc) is 2.93. The lowest BCUT2D eigenvalue weighted by Gasteiger charge is -2.09. The quantitative estimate of drug-likeness (QED) is 0.709. The molecular formula is C17H14N2O3S. The average molecular weight is 326 g/mol. The summed E-state index contributed by atoms with van der Waals surface area (Å²) < 4.78 is 0. The number of carbonyl (C=O) groups is 1. The third-order valence-electron chi connectivity index (χ3n) is 4.17. The molecule has 0 saturated heterocycles. The Morgan fingerprint density at radius 3 is 2.70 bits per heavy atom. The Bertz CT molecular complexity index is 970.